The van der Waals surface area contributed by atoms with E-state index in [1.54, 1.807) is 6.92 Å². The van der Waals surface area contributed by atoms with Gasteiger partial charge in [0.25, 0.3) is 0 Å². The monoisotopic (exact) mass is 423 g/mol. The van der Waals surface area contributed by atoms with Crippen molar-refractivity contribution >= 4 is 5.78 Å². The van der Waals surface area contributed by atoms with Crippen molar-refractivity contribution in [2.24, 2.45) is 0 Å². The molecule has 6 heteroatoms. The smallest absolute Gasteiger partial charge is 0.192 e. The van der Waals surface area contributed by atoms with Crippen LogP contribution in [0.25, 0.3) is 11.1 Å². The van der Waals surface area contributed by atoms with E-state index in [4.69, 9.17) is 9.26 Å². The second-order valence-corrected chi connectivity index (χ2v) is 7.89. The molecule has 0 saturated heterocycles. The van der Waals surface area contributed by atoms with Crippen LogP contribution in [0.3, 0.4) is 0 Å². The average molecular weight is 424 g/mol. The number of benzene rings is 2. The van der Waals surface area contributed by atoms with E-state index in [1.165, 1.54) is 18.6 Å². The van der Waals surface area contributed by atoms with E-state index in [1.807, 2.05) is 24.3 Å². The molecule has 164 valence electrons. The van der Waals surface area contributed by atoms with Crippen molar-refractivity contribution in [2.45, 2.75) is 51.9 Å². The van der Waals surface area contributed by atoms with Gasteiger partial charge in [-0.25, -0.2) is 0 Å². The zero-order valence-electron chi connectivity index (χ0n) is 18.2. The first-order valence-corrected chi connectivity index (χ1v) is 10.4. The van der Waals surface area contributed by atoms with Gasteiger partial charge in [0.2, 0.25) is 0 Å². The number of hydrogen-bond donors (Lipinski definition) is 2. The molecule has 3 rings (SSSR count). The minimum absolute atomic E-state index is 0.0891. The summed E-state index contributed by atoms with van der Waals surface area (Å²) in [4.78, 5) is 12.4. The summed E-state index contributed by atoms with van der Waals surface area (Å²) in [5, 5.41) is 23.9. The van der Waals surface area contributed by atoms with E-state index in [0.29, 0.717) is 5.76 Å². The minimum atomic E-state index is -1.66. The lowest BCUT2D eigenvalue weighted by molar-refractivity contribution is -0.166. The summed E-state index contributed by atoms with van der Waals surface area (Å²) in [6.45, 7) is 4.64. The summed E-state index contributed by atoms with van der Waals surface area (Å²) in [5.74, 6) is -0.129. The lowest BCUT2D eigenvalue weighted by atomic mass is 9.91. The SMILES string of the molecule is CCCc1ccc(-c2ccc(CO[C@](C)(C(=O)CO)[C@@H](O)c3cc(C)on3)cc2)cc1. The molecule has 0 unspecified atom stereocenters. The highest BCUT2D eigenvalue weighted by molar-refractivity contribution is 5.88. The van der Waals surface area contributed by atoms with Gasteiger partial charge in [0.1, 0.15) is 24.2 Å². The summed E-state index contributed by atoms with van der Waals surface area (Å²) in [6, 6.07) is 17.9. The third kappa shape index (κ3) is 5.28. The van der Waals surface area contributed by atoms with Gasteiger partial charge in [-0.2, -0.15) is 0 Å². The third-order valence-corrected chi connectivity index (χ3v) is 5.46. The molecule has 0 radical (unpaired) electrons. The number of ether oxygens (including phenoxy) is 1. The highest BCUT2D eigenvalue weighted by Gasteiger charge is 2.43. The first kappa shape index (κ1) is 22.9. The highest BCUT2D eigenvalue weighted by Crippen LogP contribution is 2.31. The quantitative estimate of drug-likeness (QED) is 0.508. The number of aryl methyl sites for hydroxylation is 2. The van der Waals surface area contributed by atoms with Crippen LogP contribution in [-0.2, 0) is 22.6 Å². The molecular formula is C25H29NO5. The fourth-order valence-electron chi connectivity index (χ4n) is 3.44. The van der Waals surface area contributed by atoms with Crippen molar-refractivity contribution in [3.05, 3.63) is 77.2 Å². The molecule has 31 heavy (non-hydrogen) atoms. The molecule has 0 spiro atoms. The average Bonchev–Trinajstić information content (AvgIpc) is 3.23. The molecule has 6 nitrogen and oxygen atoms in total. The normalized spacial score (nSPS) is 14.2. The third-order valence-electron chi connectivity index (χ3n) is 5.46. The number of Topliss-reactive ketones (excluding diaryl/α,β-unsaturated/α-hetero) is 1. The van der Waals surface area contributed by atoms with Crippen molar-refractivity contribution in [1.29, 1.82) is 0 Å². The number of carbonyl (C=O) groups excluding carboxylic acids is 1. The topological polar surface area (TPSA) is 92.8 Å². The zero-order valence-corrected chi connectivity index (χ0v) is 18.2. The van der Waals surface area contributed by atoms with Crippen LogP contribution < -0.4 is 0 Å². The van der Waals surface area contributed by atoms with E-state index in [2.05, 4.69) is 36.3 Å². The Labute approximate surface area is 182 Å². The second kappa shape index (κ2) is 10.0. The molecule has 0 fully saturated rings. The van der Waals surface area contributed by atoms with Crippen molar-refractivity contribution < 1.29 is 24.3 Å². The molecule has 0 bridgehead atoms. The first-order valence-electron chi connectivity index (χ1n) is 10.4. The number of aliphatic hydroxyl groups is 2. The van der Waals surface area contributed by atoms with Gasteiger partial charge in [-0.3, -0.25) is 4.79 Å². The van der Waals surface area contributed by atoms with Gasteiger partial charge in [-0.1, -0.05) is 67.0 Å². The summed E-state index contributed by atoms with van der Waals surface area (Å²) in [5.41, 5.74) is 2.90. The van der Waals surface area contributed by atoms with Gasteiger partial charge < -0.3 is 19.5 Å². The van der Waals surface area contributed by atoms with E-state index >= 15 is 0 Å². The standard InChI is InChI=1S/C25H29NO5/c1-4-5-18-6-10-20(11-7-18)21-12-8-19(9-13-21)16-30-25(3,23(28)15-27)24(29)22-14-17(2)31-26-22/h6-14,24,27,29H,4-5,15-16H2,1-3H3/t24-,25+/m0/s1. The van der Waals surface area contributed by atoms with Gasteiger partial charge >= 0.3 is 0 Å². The van der Waals surface area contributed by atoms with Crippen molar-refractivity contribution in [1.82, 2.24) is 5.16 Å². The predicted octanol–water partition coefficient (Wildman–Crippen LogP) is 4.17. The Morgan fingerprint density at radius 2 is 1.68 bits per heavy atom. The van der Waals surface area contributed by atoms with Crippen LogP contribution >= 0.6 is 0 Å². The maximum Gasteiger partial charge on any atom is 0.192 e. The molecule has 1 heterocycles. The molecule has 2 aromatic carbocycles. The molecule has 3 aromatic rings. The van der Waals surface area contributed by atoms with Gasteiger partial charge in [0.05, 0.1) is 6.61 Å². The maximum atomic E-state index is 12.4. The first-order chi connectivity index (χ1) is 14.9. The highest BCUT2D eigenvalue weighted by atomic mass is 16.5. The van der Waals surface area contributed by atoms with Crippen molar-refractivity contribution in [3.63, 3.8) is 0 Å². The minimum Gasteiger partial charge on any atom is -0.388 e. The maximum absolute atomic E-state index is 12.4. The molecule has 0 aliphatic rings. The molecule has 0 saturated carbocycles. The van der Waals surface area contributed by atoms with Crippen LogP contribution in [0.15, 0.2) is 59.1 Å². The van der Waals surface area contributed by atoms with Crippen molar-refractivity contribution in [3.8, 4) is 11.1 Å². The van der Waals surface area contributed by atoms with E-state index < -0.39 is 24.1 Å². The summed E-state index contributed by atoms with van der Waals surface area (Å²) in [6.07, 6.45) is 0.823. The fourth-order valence-corrected chi connectivity index (χ4v) is 3.44. The molecular weight excluding hydrogens is 394 g/mol. The van der Waals surface area contributed by atoms with E-state index in [-0.39, 0.29) is 12.3 Å². The summed E-state index contributed by atoms with van der Waals surface area (Å²) in [7, 11) is 0. The van der Waals surface area contributed by atoms with Crippen LogP contribution in [-0.4, -0.2) is 33.4 Å². The Morgan fingerprint density at radius 1 is 1.10 bits per heavy atom. The molecule has 2 atom stereocenters. The van der Waals surface area contributed by atoms with Crippen LogP contribution in [0.5, 0.6) is 0 Å². The van der Waals surface area contributed by atoms with Gasteiger partial charge in [-0.05, 0) is 42.5 Å². The van der Waals surface area contributed by atoms with E-state index in [0.717, 1.165) is 29.5 Å². The Bertz CT molecular complexity index is 994. The predicted molar refractivity (Wildman–Crippen MR) is 117 cm³/mol. The Hall–Kier alpha value is -2.80. The van der Waals surface area contributed by atoms with Gasteiger partial charge in [0.15, 0.2) is 11.4 Å². The number of ketones is 1. The molecule has 1 aromatic heterocycles. The lowest BCUT2D eigenvalue weighted by Gasteiger charge is -2.31. The lowest BCUT2D eigenvalue weighted by Crippen LogP contribution is -2.46. The number of rotatable bonds is 10. The Morgan fingerprint density at radius 3 is 2.16 bits per heavy atom. The molecule has 0 aliphatic heterocycles. The summed E-state index contributed by atoms with van der Waals surface area (Å²) < 4.78 is 10.8. The van der Waals surface area contributed by atoms with Crippen LogP contribution in [0.4, 0.5) is 0 Å². The van der Waals surface area contributed by atoms with Crippen LogP contribution in [0.1, 0.15) is 49.0 Å². The van der Waals surface area contributed by atoms with E-state index in [9.17, 15) is 15.0 Å². The number of aromatic nitrogens is 1. The fraction of sp³-hybridized carbons (Fsp3) is 0.360. The van der Waals surface area contributed by atoms with Gasteiger partial charge in [0, 0.05) is 6.07 Å². The van der Waals surface area contributed by atoms with Crippen LogP contribution in [0, 0.1) is 6.92 Å². The van der Waals surface area contributed by atoms with Gasteiger partial charge in [-0.15, -0.1) is 0 Å². The Balaban J connectivity index is 1.72. The Kier molecular flexibility index (Phi) is 7.38. The number of hydrogen-bond acceptors (Lipinski definition) is 6. The number of aliphatic hydroxyl groups excluding tert-OH is 2. The zero-order chi connectivity index (χ0) is 22.4. The summed E-state index contributed by atoms with van der Waals surface area (Å²) >= 11 is 0. The molecule has 0 amide bonds. The molecule has 2 N–H and O–H groups in total. The number of carbonyl (C=O) groups is 1. The van der Waals surface area contributed by atoms with Crippen molar-refractivity contribution in [2.75, 3.05) is 6.61 Å². The largest absolute Gasteiger partial charge is 0.388 e. The van der Waals surface area contributed by atoms with Crippen LogP contribution in [0.2, 0.25) is 0 Å². The molecule has 0 aliphatic carbocycles. The second-order valence-electron chi connectivity index (χ2n) is 7.89. The number of nitrogens with zero attached hydrogens (tertiary/aromatic N) is 1.